The van der Waals surface area contributed by atoms with E-state index in [9.17, 15) is 9.59 Å². The maximum atomic E-state index is 12.7. The lowest BCUT2D eigenvalue weighted by atomic mass is 9.86. The Kier molecular flexibility index (Phi) is 5.71. The van der Waals surface area contributed by atoms with Gasteiger partial charge in [0.05, 0.1) is 6.54 Å². The van der Waals surface area contributed by atoms with E-state index in [1.807, 2.05) is 25.7 Å². The first-order valence-electron chi connectivity index (χ1n) is 10.1. The van der Waals surface area contributed by atoms with Gasteiger partial charge < -0.3 is 10.2 Å². The van der Waals surface area contributed by atoms with Gasteiger partial charge in [0.15, 0.2) is 0 Å². The summed E-state index contributed by atoms with van der Waals surface area (Å²) < 4.78 is 0. The van der Waals surface area contributed by atoms with E-state index in [-0.39, 0.29) is 11.4 Å². The zero-order chi connectivity index (χ0) is 18.0. The van der Waals surface area contributed by atoms with Crippen LogP contribution in [0.2, 0.25) is 0 Å². The summed E-state index contributed by atoms with van der Waals surface area (Å²) in [7, 11) is 0. The van der Waals surface area contributed by atoms with Gasteiger partial charge in [-0.25, -0.2) is 0 Å². The predicted octanol–water partition coefficient (Wildman–Crippen LogP) is 2.26. The molecule has 1 heterocycles. The average Bonchev–Trinajstić information content (AvgIpc) is 3.03. The highest BCUT2D eigenvalue weighted by atomic mass is 16.2. The second-order valence-corrected chi connectivity index (χ2v) is 9.45. The van der Waals surface area contributed by atoms with Crippen LogP contribution >= 0.6 is 0 Å². The average molecular weight is 350 g/mol. The molecule has 142 valence electrons. The summed E-state index contributed by atoms with van der Waals surface area (Å²) in [6.45, 7) is 9.76. The Morgan fingerprint density at radius 3 is 2.48 bits per heavy atom. The largest absolute Gasteiger partial charge is 0.350 e. The summed E-state index contributed by atoms with van der Waals surface area (Å²) in [4.78, 5) is 29.1. The summed E-state index contributed by atoms with van der Waals surface area (Å²) in [5.41, 5.74) is -0.189. The van der Waals surface area contributed by atoms with Gasteiger partial charge in [0.25, 0.3) is 0 Å². The fraction of sp³-hybridized carbons (Fsp3) is 0.900. The highest BCUT2D eigenvalue weighted by Crippen LogP contribution is 2.49. The molecule has 5 nitrogen and oxygen atoms in total. The Morgan fingerprint density at radius 1 is 1.04 bits per heavy atom. The van der Waals surface area contributed by atoms with Crippen molar-refractivity contribution in [1.29, 1.82) is 0 Å². The van der Waals surface area contributed by atoms with Crippen molar-refractivity contribution in [2.75, 3.05) is 32.7 Å². The number of carbonyl (C=O) groups is 2. The number of nitrogens with zero attached hydrogens (tertiary/aromatic N) is 2. The van der Waals surface area contributed by atoms with Crippen LogP contribution in [0, 0.1) is 17.8 Å². The van der Waals surface area contributed by atoms with Crippen molar-refractivity contribution >= 4 is 11.8 Å². The van der Waals surface area contributed by atoms with Crippen LogP contribution in [0.1, 0.15) is 59.3 Å². The van der Waals surface area contributed by atoms with E-state index in [4.69, 9.17) is 0 Å². The van der Waals surface area contributed by atoms with E-state index in [0.717, 1.165) is 50.9 Å². The maximum absolute atomic E-state index is 12.7. The van der Waals surface area contributed by atoms with E-state index < -0.39 is 0 Å². The number of carbonyl (C=O) groups excluding carboxylic acids is 2. The minimum absolute atomic E-state index is 0.0780. The van der Waals surface area contributed by atoms with Crippen LogP contribution in [-0.4, -0.2) is 59.9 Å². The molecule has 2 amide bonds. The molecular formula is C20H35N3O2. The number of nitrogens with one attached hydrogen (secondary N) is 1. The van der Waals surface area contributed by atoms with Crippen molar-refractivity contribution < 1.29 is 9.59 Å². The van der Waals surface area contributed by atoms with Crippen LogP contribution in [0.3, 0.4) is 0 Å². The summed E-state index contributed by atoms with van der Waals surface area (Å²) in [5.74, 6) is 2.79. The number of rotatable bonds is 4. The monoisotopic (exact) mass is 349 g/mol. The molecule has 0 aromatic rings. The van der Waals surface area contributed by atoms with E-state index >= 15 is 0 Å². The van der Waals surface area contributed by atoms with Gasteiger partial charge in [-0.1, -0.05) is 6.42 Å². The second kappa shape index (κ2) is 7.65. The second-order valence-electron chi connectivity index (χ2n) is 9.45. The third-order valence-electron chi connectivity index (χ3n) is 6.14. The van der Waals surface area contributed by atoms with Crippen LogP contribution in [-0.2, 0) is 9.59 Å². The lowest BCUT2D eigenvalue weighted by Gasteiger charge is -2.26. The topological polar surface area (TPSA) is 52.7 Å². The van der Waals surface area contributed by atoms with Crippen molar-refractivity contribution in [3.8, 4) is 0 Å². The van der Waals surface area contributed by atoms with Gasteiger partial charge >= 0.3 is 0 Å². The maximum Gasteiger partial charge on any atom is 0.234 e. The molecule has 0 unspecified atom stereocenters. The molecule has 0 aromatic heterocycles. The number of amides is 2. The molecule has 3 atom stereocenters. The summed E-state index contributed by atoms with van der Waals surface area (Å²) in [5, 5.41) is 3.02. The third-order valence-corrected chi connectivity index (χ3v) is 6.14. The van der Waals surface area contributed by atoms with Crippen molar-refractivity contribution in [1.82, 2.24) is 15.1 Å². The fourth-order valence-corrected chi connectivity index (χ4v) is 5.02. The van der Waals surface area contributed by atoms with Crippen LogP contribution < -0.4 is 5.32 Å². The Balaban J connectivity index is 1.43. The van der Waals surface area contributed by atoms with E-state index in [2.05, 4.69) is 10.2 Å². The number of hydrogen-bond donors (Lipinski definition) is 1. The number of hydrogen-bond acceptors (Lipinski definition) is 3. The van der Waals surface area contributed by atoms with Gasteiger partial charge in [-0.15, -0.1) is 0 Å². The minimum atomic E-state index is -0.189. The Hall–Kier alpha value is -1.10. The standard InChI is InChI=1S/C20H35N3O2/c1-20(2,3)21-18(24)14-22-7-4-8-23(10-9-22)19(25)13-17-12-15-5-6-16(17)11-15/h15-17H,4-14H2,1-3H3,(H,21,24)/t15-,16-,17-/m0/s1. The lowest BCUT2D eigenvalue weighted by Crippen LogP contribution is -2.46. The number of fused-ring (bicyclic) bond motifs is 2. The molecule has 0 radical (unpaired) electrons. The Bertz CT molecular complexity index is 500. The molecule has 0 aromatic carbocycles. The molecule has 0 spiro atoms. The SMILES string of the molecule is CC(C)(C)NC(=O)CN1CCCN(C(=O)C[C@@H]2C[C@H]3CC[C@H]2C3)CC1. The summed E-state index contributed by atoms with van der Waals surface area (Å²) >= 11 is 0. The molecule has 3 rings (SSSR count). The van der Waals surface area contributed by atoms with Crippen LogP contribution in [0.4, 0.5) is 0 Å². The van der Waals surface area contributed by atoms with Gasteiger partial charge in [0.1, 0.15) is 0 Å². The van der Waals surface area contributed by atoms with Crippen molar-refractivity contribution in [3.63, 3.8) is 0 Å². The molecule has 2 aliphatic carbocycles. The minimum Gasteiger partial charge on any atom is -0.350 e. The normalized spacial score (nSPS) is 30.4. The smallest absolute Gasteiger partial charge is 0.234 e. The molecule has 3 aliphatic rings. The molecule has 1 saturated heterocycles. The van der Waals surface area contributed by atoms with Gasteiger partial charge in [-0.2, -0.15) is 0 Å². The fourth-order valence-electron chi connectivity index (χ4n) is 5.02. The molecular weight excluding hydrogens is 314 g/mol. The Labute approximate surface area is 152 Å². The highest BCUT2D eigenvalue weighted by molar-refractivity contribution is 5.79. The summed E-state index contributed by atoms with van der Waals surface area (Å²) in [6, 6.07) is 0. The molecule has 5 heteroatoms. The van der Waals surface area contributed by atoms with Crippen LogP contribution in [0.25, 0.3) is 0 Å². The van der Waals surface area contributed by atoms with Crippen molar-refractivity contribution in [2.24, 2.45) is 17.8 Å². The molecule has 1 aliphatic heterocycles. The van der Waals surface area contributed by atoms with Gasteiger partial charge in [0, 0.05) is 38.1 Å². The third kappa shape index (κ3) is 5.19. The Morgan fingerprint density at radius 2 is 1.84 bits per heavy atom. The van der Waals surface area contributed by atoms with Crippen molar-refractivity contribution in [3.05, 3.63) is 0 Å². The van der Waals surface area contributed by atoms with Gasteiger partial charge in [0.2, 0.25) is 11.8 Å². The molecule has 1 N–H and O–H groups in total. The molecule has 2 bridgehead atoms. The van der Waals surface area contributed by atoms with E-state index in [1.54, 1.807) is 0 Å². The quantitative estimate of drug-likeness (QED) is 0.847. The van der Waals surface area contributed by atoms with E-state index in [0.29, 0.717) is 18.4 Å². The first-order valence-corrected chi connectivity index (χ1v) is 10.1. The zero-order valence-corrected chi connectivity index (χ0v) is 16.2. The lowest BCUT2D eigenvalue weighted by molar-refractivity contribution is -0.132. The van der Waals surface area contributed by atoms with Crippen LogP contribution in [0.15, 0.2) is 0 Å². The van der Waals surface area contributed by atoms with Crippen molar-refractivity contribution in [2.45, 2.75) is 64.8 Å². The molecule has 2 saturated carbocycles. The zero-order valence-electron chi connectivity index (χ0n) is 16.2. The first kappa shape index (κ1) is 18.7. The first-order chi connectivity index (χ1) is 11.8. The van der Waals surface area contributed by atoms with Gasteiger partial charge in [-0.3, -0.25) is 14.5 Å². The van der Waals surface area contributed by atoms with E-state index in [1.165, 1.54) is 25.7 Å². The predicted molar refractivity (Wildman–Crippen MR) is 99.1 cm³/mol. The molecule has 3 fully saturated rings. The highest BCUT2D eigenvalue weighted by Gasteiger charge is 2.40. The van der Waals surface area contributed by atoms with Crippen LogP contribution in [0.5, 0.6) is 0 Å². The summed E-state index contributed by atoms with van der Waals surface area (Å²) in [6.07, 6.45) is 7.11. The molecule has 25 heavy (non-hydrogen) atoms. The van der Waals surface area contributed by atoms with Gasteiger partial charge in [-0.05, 0) is 64.2 Å².